The fraction of sp³-hybridized carbons (Fsp3) is 0.357. The zero-order chi connectivity index (χ0) is 28.8. The van der Waals surface area contributed by atoms with E-state index < -0.39 is 31.4 Å². The number of rotatable bonds is 9. The summed E-state index contributed by atoms with van der Waals surface area (Å²) in [5, 5.41) is 15.3. The third kappa shape index (κ3) is 6.64. The van der Waals surface area contributed by atoms with E-state index in [0.29, 0.717) is 6.04 Å². The van der Waals surface area contributed by atoms with Crippen molar-refractivity contribution in [2.75, 3.05) is 31.6 Å². The molecule has 0 saturated carbocycles. The van der Waals surface area contributed by atoms with Crippen LogP contribution in [0.15, 0.2) is 78.0 Å². The van der Waals surface area contributed by atoms with Crippen LogP contribution in [0.25, 0.3) is 0 Å². The first kappa shape index (κ1) is 28.5. The Balaban J connectivity index is 1.37. The lowest BCUT2D eigenvalue weighted by molar-refractivity contribution is -0.384. The van der Waals surface area contributed by atoms with E-state index in [9.17, 15) is 23.3 Å². The van der Waals surface area contributed by atoms with Gasteiger partial charge in [0.05, 0.1) is 16.0 Å². The van der Waals surface area contributed by atoms with Gasteiger partial charge in [0.2, 0.25) is 0 Å². The average Bonchev–Trinajstić information content (AvgIpc) is 3.01. The number of benzene rings is 2. The van der Waals surface area contributed by atoms with Gasteiger partial charge in [0, 0.05) is 56.2 Å². The number of nitrogens with zero attached hydrogens (tertiary/aromatic N) is 4. The van der Waals surface area contributed by atoms with Gasteiger partial charge in [-0.05, 0) is 62.1 Å². The highest BCUT2D eigenvalue weighted by Crippen LogP contribution is 2.32. The van der Waals surface area contributed by atoms with Gasteiger partial charge in [0.15, 0.2) is 5.75 Å². The molecule has 2 aliphatic rings. The van der Waals surface area contributed by atoms with Crippen molar-refractivity contribution >= 4 is 27.3 Å². The molecule has 3 heterocycles. The van der Waals surface area contributed by atoms with Crippen LogP contribution < -0.4 is 10.2 Å². The highest BCUT2D eigenvalue weighted by Gasteiger charge is 2.35. The van der Waals surface area contributed by atoms with Gasteiger partial charge in [-0.25, -0.2) is 0 Å². The van der Waals surface area contributed by atoms with Crippen LogP contribution in [0.2, 0.25) is 0 Å². The molecule has 2 fully saturated rings. The van der Waals surface area contributed by atoms with E-state index in [1.165, 1.54) is 48.8 Å². The highest BCUT2D eigenvalue weighted by atomic mass is 32.2. The molecule has 0 spiro atoms. The Morgan fingerprint density at radius 1 is 1.05 bits per heavy atom. The van der Waals surface area contributed by atoms with Crippen LogP contribution in [0.4, 0.5) is 11.4 Å². The number of nitro groups is 1. The van der Waals surface area contributed by atoms with Gasteiger partial charge >= 0.3 is 5.91 Å². The van der Waals surface area contributed by atoms with Crippen molar-refractivity contribution in [3.63, 3.8) is 0 Å². The second-order valence-corrected chi connectivity index (χ2v) is 11.7. The molecule has 216 valence electrons. The standard InChI is InChI=1S/C28H31N5O7S/c34-28(21-5-2-1-3-6-21)33(40-24-7-4-14-29-20-24)41(37,38)25-8-9-26(27(19-25)32(35)36)30-22-10-15-31(16-11-22)23-12-17-39-18-13-23/h1-9,14,19-20,22-23,30H,10-13,15-18H2. The van der Waals surface area contributed by atoms with Crippen molar-refractivity contribution in [2.24, 2.45) is 0 Å². The number of anilines is 1. The van der Waals surface area contributed by atoms with Crippen LogP contribution >= 0.6 is 0 Å². The molecular formula is C28H31N5O7S. The first-order valence-electron chi connectivity index (χ1n) is 13.4. The molecule has 41 heavy (non-hydrogen) atoms. The summed E-state index contributed by atoms with van der Waals surface area (Å²) >= 11 is 0. The molecule has 5 rings (SSSR count). The molecule has 2 aromatic carbocycles. The summed E-state index contributed by atoms with van der Waals surface area (Å²) in [6, 6.07) is 14.8. The largest absolute Gasteiger partial charge is 0.381 e. The highest BCUT2D eigenvalue weighted by molar-refractivity contribution is 7.89. The first-order chi connectivity index (χ1) is 19.8. The van der Waals surface area contributed by atoms with Gasteiger partial charge in [-0.3, -0.25) is 19.9 Å². The number of likely N-dealkylation sites (tertiary alicyclic amines) is 1. The van der Waals surface area contributed by atoms with Crippen molar-refractivity contribution in [2.45, 2.75) is 42.7 Å². The number of nitro benzene ring substituents is 1. The Kier molecular flexibility index (Phi) is 8.76. The lowest BCUT2D eigenvalue weighted by Crippen LogP contribution is -2.46. The predicted molar refractivity (Wildman–Crippen MR) is 150 cm³/mol. The fourth-order valence-electron chi connectivity index (χ4n) is 5.10. The normalized spacial score (nSPS) is 17.1. The fourth-order valence-corrected chi connectivity index (χ4v) is 6.30. The van der Waals surface area contributed by atoms with E-state index in [4.69, 9.17) is 9.57 Å². The number of hydrogen-bond acceptors (Lipinski definition) is 10. The molecule has 1 amide bonds. The lowest BCUT2D eigenvalue weighted by atomic mass is 9.99. The topological polar surface area (TPSA) is 144 Å². The lowest BCUT2D eigenvalue weighted by Gasteiger charge is -2.39. The summed E-state index contributed by atoms with van der Waals surface area (Å²) in [4.78, 5) is 36.1. The molecule has 13 heteroatoms. The van der Waals surface area contributed by atoms with E-state index in [1.54, 1.807) is 18.2 Å². The quantitative estimate of drug-likeness (QED) is 0.292. The van der Waals surface area contributed by atoms with E-state index in [1.807, 2.05) is 0 Å². The zero-order valence-corrected chi connectivity index (χ0v) is 23.1. The van der Waals surface area contributed by atoms with Gasteiger partial charge in [0.1, 0.15) is 5.69 Å². The van der Waals surface area contributed by atoms with Crippen LogP contribution in [0.1, 0.15) is 36.0 Å². The minimum Gasteiger partial charge on any atom is -0.381 e. The predicted octanol–water partition coefficient (Wildman–Crippen LogP) is 3.87. The van der Waals surface area contributed by atoms with Crippen molar-refractivity contribution in [3.05, 3.63) is 88.7 Å². The Morgan fingerprint density at radius 2 is 1.78 bits per heavy atom. The zero-order valence-electron chi connectivity index (χ0n) is 22.3. The van der Waals surface area contributed by atoms with Gasteiger partial charge in [-0.1, -0.05) is 22.7 Å². The molecule has 0 radical (unpaired) electrons. The smallest absolute Gasteiger partial charge is 0.302 e. The maximum atomic E-state index is 13.7. The Morgan fingerprint density at radius 3 is 2.44 bits per heavy atom. The Labute approximate surface area is 238 Å². The van der Waals surface area contributed by atoms with Crippen LogP contribution in [0, 0.1) is 10.1 Å². The summed E-state index contributed by atoms with van der Waals surface area (Å²) in [5.41, 5.74) is -0.140. The Hall–Kier alpha value is -4.07. The van der Waals surface area contributed by atoms with Crippen LogP contribution in [-0.4, -0.2) is 72.0 Å². The second kappa shape index (κ2) is 12.6. The van der Waals surface area contributed by atoms with E-state index in [0.717, 1.165) is 58.1 Å². The number of pyridine rings is 1. The molecule has 2 aliphatic heterocycles. The summed E-state index contributed by atoms with van der Waals surface area (Å²) in [7, 11) is -4.69. The molecule has 3 aromatic rings. The minimum absolute atomic E-state index is 0.000220. The average molecular weight is 582 g/mol. The van der Waals surface area contributed by atoms with E-state index in [-0.39, 0.29) is 27.5 Å². The SMILES string of the molecule is O=C(c1ccccc1)N(Oc1cccnc1)S(=O)(=O)c1ccc(NC2CCN(C3CCOCC3)CC2)c([N+](=O)[O-])c1. The van der Waals surface area contributed by atoms with Crippen molar-refractivity contribution in [1.29, 1.82) is 0 Å². The first-order valence-corrected chi connectivity index (χ1v) is 14.9. The summed E-state index contributed by atoms with van der Waals surface area (Å²) in [6.45, 7) is 3.27. The number of piperidine rings is 1. The number of sulfonamides is 1. The molecule has 1 aromatic heterocycles. The number of ether oxygens (including phenoxy) is 1. The summed E-state index contributed by atoms with van der Waals surface area (Å²) < 4.78 is 33.1. The van der Waals surface area contributed by atoms with Gasteiger partial charge < -0.3 is 19.8 Å². The van der Waals surface area contributed by atoms with Crippen LogP contribution in [0.5, 0.6) is 5.75 Å². The number of hydroxylamine groups is 1. The molecular weight excluding hydrogens is 550 g/mol. The van der Waals surface area contributed by atoms with Gasteiger partial charge in [0.25, 0.3) is 15.7 Å². The maximum Gasteiger partial charge on any atom is 0.302 e. The summed E-state index contributed by atoms with van der Waals surface area (Å²) in [5.74, 6) is -0.962. The van der Waals surface area contributed by atoms with Crippen molar-refractivity contribution < 1.29 is 27.7 Å². The van der Waals surface area contributed by atoms with Crippen molar-refractivity contribution in [3.8, 4) is 5.75 Å². The van der Waals surface area contributed by atoms with E-state index in [2.05, 4.69) is 15.2 Å². The van der Waals surface area contributed by atoms with Crippen LogP contribution in [0.3, 0.4) is 0 Å². The second-order valence-electron chi connectivity index (χ2n) is 9.92. The van der Waals surface area contributed by atoms with Crippen LogP contribution in [-0.2, 0) is 14.8 Å². The number of amides is 1. The molecule has 12 nitrogen and oxygen atoms in total. The molecule has 2 saturated heterocycles. The molecule has 0 atom stereocenters. The monoisotopic (exact) mass is 581 g/mol. The van der Waals surface area contributed by atoms with Gasteiger partial charge in [-0.15, -0.1) is 0 Å². The molecule has 0 bridgehead atoms. The number of carbonyl (C=O) groups is 1. The molecule has 1 N–H and O–H groups in total. The third-order valence-electron chi connectivity index (χ3n) is 7.29. The van der Waals surface area contributed by atoms with E-state index >= 15 is 0 Å². The number of nitrogens with one attached hydrogen (secondary N) is 1. The third-order valence-corrected chi connectivity index (χ3v) is 8.81. The summed E-state index contributed by atoms with van der Waals surface area (Å²) in [6.07, 6.45) is 6.33. The molecule has 0 aliphatic carbocycles. The maximum absolute atomic E-state index is 13.7. The molecule has 0 unspecified atom stereocenters. The Bertz CT molecular complexity index is 1460. The number of aromatic nitrogens is 1. The number of carbonyl (C=O) groups excluding carboxylic acids is 1. The van der Waals surface area contributed by atoms with Gasteiger partial charge in [-0.2, -0.15) is 8.42 Å². The number of hydrogen-bond donors (Lipinski definition) is 1. The minimum atomic E-state index is -4.69. The van der Waals surface area contributed by atoms with Crippen molar-refractivity contribution in [1.82, 2.24) is 14.4 Å².